The van der Waals surface area contributed by atoms with Crippen molar-refractivity contribution in [1.29, 1.82) is 0 Å². The van der Waals surface area contributed by atoms with Gasteiger partial charge in [-0.15, -0.1) is 0 Å². The van der Waals surface area contributed by atoms with Gasteiger partial charge in [0.25, 0.3) is 0 Å². The number of rotatable bonds is 10. The van der Waals surface area contributed by atoms with E-state index in [1.165, 1.54) is 0 Å². The lowest BCUT2D eigenvalue weighted by molar-refractivity contribution is -0.143. The van der Waals surface area contributed by atoms with Crippen molar-refractivity contribution in [1.82, 2.24) is 16.0 Å². The van der Waals surface area contributed by atoms with Crippen LogP contribution in [0.5, 0.6) is 0 Å². The van der Waals surface area contributed by atoms with Crippen molar-refractivity contribution in [3.63, 3.8) is 0 Å². The van der Waals surface area contributed by atoms with Crippen molar-refractivity contribution >= 4 is 36.3 Å². The van der Waals surface area contributed by atoms with Crippen LogP contribution in [0.25, 0.3) is 0 Å². The van der Waals surface area contributed by atoms with Gasteiger partial charge in [-0.1, -0.05) is 27.7 Å². The number of thiol groups is 1. The summed E-state index contributed by atoms with van der Waals surface area (Å²) in [5, 5.41) is 16.5. The average Bonchev–Trinajstić information content (AvgIpc) is 2.53. The molecule has 10 heteroatoms. The highest BCUT2D eigenvalue weighted by atomic mass is 32.1. The summed E-state index contributed by atoms with van der Waals surface area (Å²) in [4.78, 5) is 47.3. The molecule has 0 rings (SSSR count). The largest absolute Gasteiger partial charge is 0.480 e. The fourth-order valence-corrected chi connectivity index (χ4v) is 2.25. The molecule has 3 atom stereocenters. The lowest BCUT2D eigenvalue weighted by Gasteiger charge is -2.27. The molecule has 0 aromatic heterocycles. The Morgan fingerprint density at radius 2 is 1.40 bits per heavy atom. The molecule has 3 unspecified atom stereocenters. The molecule has 6 N–H and O–H groups in total. The van der Waals surface area contributed by atoms with Crippen LogP contribution in [0.15, 0.2) is 0 Å². The molecule has 0 radical (unpaired) electrons. The third-order valence-electron chi connectivity index (χ3n) is 3.50. The molecule has 0 aliphatic carbocycles. The molecule has 9 nitrogen and oxygen atoms in total. The fraction of sp³-hybridized carbons (Fsp3) is 0.733. The van der Waals surface area contributed by atoms with Crippen molar-refractivity contribution in [2.45, 2.75) is 45.8 Å². The van der Waals surface area contributed by atoms with Crippen LogP contribution in [0.1, 0.15) is 27.7 Å². The first kappa shape index (κ1) is 23.2. The second kappa shape index (κ2) is 10.9. The zero-order valence-electron chi connectivity index (χ0n) is 14.9. The van der Waals surface area contributed by atoms with Crippen LogP contribution in [0, 0.1) is 11.8 Å². The van der Waals surface area contributed by atoms with E-state index < -0.39 is 41.8 Å². The number of amides is 3. The molecule has 0 spiro atoms. The number of aliphatic carboxylic acids is 1. The van der Waals surface area contributed by atoms with Crippen LogP contribution in [-0.2, 0) is 19.2 Å². The van der Waals surface area contributed by atoms with Crippen LogP contribution >= 0.6 is 12.6 Å². The highest BCUT2D eigenvalue weighted by Gasteiger charge is 2.31. The number of carbonyl (C=O) groups excluding carboxylic acids is 3. The van der Waals surface area contributed by atoms with Gasteiger partial charge >= 0.3 is 5.97 Å². The van der Waals surface area contributed by atoms with E-state index in [4.69, 9.17) is 5.73 Å². The summed E-state index contributed by atoms with van der Waals surface area (Å²) in [5.41, 5.74) is 5.20. The maximum absolute atomic E-state index is 12.4. The Hall–Kier alpha value is -1.81. The van der Waals surface area contributed by atoms with E-state index in [1.807, 2.05) is 0 Å². The second-order valence-corrected chi connectivity index (χ2v) is 6.67. The SMILES string of the molecule is CC(C)C(NC(=O)C(NC(=O)C(CS)NC(=O)CN)C(C)C)C(=O)O. The molecule has 3 amide bonds. The first-order valence-corrected chi connectivity index (χ1v) is 8.62. The van der Waals surface area contributed by atoms with Gasteiger partial charge in [-0.25, -0.2) is 4.79 Å². The van der Waals surface area contributed by atoms with Gasteiger partial charge in [0.1, 0.15) is 18.1 Å². The minimum Gasteiger partial charge on any atom is -0.480 e. The van der Waals surface area contributed by atoms with E-state index in [2.05, 4.69) is 28.6 Å². The van der Waals surface area contributed by atoms with Crippen LogP contribution in [0.3, 0.4) is 0 Å². The normalized spacial score (nSPS) is 14.6. The Kier molecular flexibility index (Phi) is 10.1. The molecule has 0 aliphatic heterocycles. The Balaban J connectivity index is 5.10. The molecule has 25 heavy (non-hydrogen) atoms. The van der Waals surface area contributed by atoms with E-state index in [9.17, 15) is 24.3 Å². The molecular weight excluding hydrogens is 348 g/mol. The van der Waals surface area contributed by atoms with Crippen molar-refractivity contribution < 1.29 is 24.3 Å². The first-order chi connectivity index (χ1) is 11.5. The van der Waals surface area contributed by atoms with E-state index in [1.54, 1.807) is 27.7 Å². The third kappa shape index (κ3) is 7.74. The molecule has 0 aliphatic rings. The Labute approximate surface area is 152 Å². The van der Waals surface area contributed by atoms with Crippen LogP contribution in [0.4, 0.5) is 0 Å². The van der Waals surface area contributed by atoms with Gasteiger partial charge in [0.2, 0.25) is 17.7 Å². The van der Waals surface area contributed by atoms with Gasteiger partial charge in [-0.3, -0.25) is 14.4 Å². The summed E-state index contributed by atoms with van der Waals surface area (Å²) in [6, 6.07) is -2.97. The highest BCUT2D eigenvalue weighted by molar-refractivity contribution is 7.80. The fourth-order valence-electron chi connectivity index (χ4n) is 1.99. The zero-order chi connectivity index (χ0) is 19.7. The molecule has 0 saturated carbocycles. The van der Waals surface area contributed by atoms with Crippen LogP contribution in [0.2, 0.25) is 0 Å². The standard InChI is InChI=1S/C15H28N4O5S/c1-7(2)11(14(22)19-12(8(3)4)15(23)24)18-13(21)9(6-25)17-10(20)5-16/h7-9,11-12,25H,5-6,16H2,1-4H3,(H,17,20)(H,18,21)(H,19,22)(H,23,24). The summed E-state index contributed by atoms with van der Waals surface area (Å²) in [7, 11) is 0. The number of hydrogen-bond donors (Lipinski definition) is 6. The Bertz CT molecular complexity index is 498. The highest BCUT2D eigenvalue weighted by Crippen LogP contribution is 2.07. The number of carboxylic acids is 1. The molecule has 144 valence electrons. The predicted molar refractivity (Wildman–Crippen MR) is 96.0 cm³/mol. The van der Waals surface area contributed by atoms with Crippen molar-refractivity contribution in [3.8, 4) is 0 Å². The van der Waals surface area contributed by atoms with Crippen molar-refractivity contribution in [3.05, 3.63) is 0 Å². The molecule has 0 saturated heterocycles. The summed E-state index contributed by atoms with van der Waals surface area (Å²) in [6.07, 6.45) is 0. The zero-order valence-corrected chi connectivity index (χ0v) is 15.8. The maximum Gasteiger partial charge on any atom is 0.326 e. The minimum absolute atomic E-state index is 0.0216. The van der Waals surface area contributed by atoms with Crippen molar-refractivity contribution in [2.75, 3.05) is 12.3 Å². The summed E-state index contributed by atoms with van der Waals surface area (Å²) in [5.74, 6) is -3.47. The molecule has 0 aromatic carbocycles. The quantitative estimate of drug-likeness (QED) is 0.262. The first-order valence-electron chi connectivity index (χ1n) is 7.98. The van der Waals surface area contributed by atoms with Gasteiger partial charge in [0.15, 0.2) is 0 Å². The number of carboxylic acid groups (broad SMARTS) is 1. The van der Waals surface area contributed by atoms with E-state index in [0.717, 1.165) is 0 Å². The predicted octanol–water partition coefficient (Wildman–Crippen LogP) is -1.27. The van der Waals surface area contributed by atoms with Gasteiger partial charge in [0.05, 0.1) is 6.54 Å². The summed E-state index contributed by atoms with van der Waals surface area (Å²) < 4.78 is 0. The maximum atomic E-state index is 12.4. The molecule has 0 aromatic rings. The molecule has 0 fully saturated rings. The molecule has 0 bridgehead atoms. The van der Waals surface area contributed by atoms with E-state index >= 15 is 0 Å². The van der Waals surface area contributed by atoms with Gasteiger partial charge in [-0.2, -0.15) is 12.6 Å². The molecular formula is C15H28N4O5S. The average molecular weight is 376 g/mol. The smallest absolute Gasteiger partial charge is 0.326 e. The minimum atomic E-state index is -1.15. The lowest BCUT2D eigenvalue weighted by atomic mass is 10.00. The topological polar surface area (TPSA) is 151 Å². The second-order valence-electron chi connectivity index (χ2n) is 6.31. The Morgan fingerprint density at radius 3 is 1.76 bits per heavy atom. The third-order valence-corrected chi connectivity index (χ3v) is 3.86. The summed E-state index contributed by atoms with van der Waals surface area (Å²) in [6.45, 7) is 6.48. The van der Waals surface area contributed by atoms with E-state index in [-0.39, 0.29) is 24.1 Å². The van der Waals surface area contributed by atoms with Gasteiger partial charge in [-0.05, 0) is 11.8 Å². The summed E-state index contributed by atoms with van der Waals surface area (Å²) >= 11 is 4.01. The molecule has 0 heterocycles. The Morgan fingerprint density at radius 1 is 0.920 bits per heavy atom. The number of carbonyl (C=O) groups is 4. The number of nitrogens with one attached hydrogen (secondary N) is 3. The van der Waals surface area contributed by atoms with Crippen molar-refractivity contribution in [2.24, 2.45) is 17.6 Å². The van der Waals surface area contributed by atoms with Gasteiger partial charge < -0.3 is 26.8 Å². The lowest BCUT2D eigenvalue weighted by Crippen LogP contribution is -2.58. The monoisotopic (exact) mass is 376 g/mol. The van der Waals surface area contributed by atoms with E-state index in [0.29, 0.717) is 0 Å². The van der Waals surface area contributed by atoms with Crippen LogP contribution in [-0.4, -0.2) is 59.2 Å². The number of hydrogen-bond acceptors (Lipinski definition) is 6. The van der Waals surface area contributed by atoms with Gasteiger partial charge in [0, 0.05) is 5.75 Å². The van der Waals surface area contributed by atoms with Crippen LogP contribution < -0.4 is 21.7 Å². The number of nitrogens with two attached hydrogens (primary N) is 1.